The van der Waals surface area contributed by atoms with Gasteiger partial charge in [-0.2, -0.15) is 5.26 Å². The Kier molecular flexibility index (Phi) is 4.35. The van der Waals surface area contributed by atoms with Crippen molar-refractivity contribution in [3.8, 4) is 17.2 Å². The fraction of sp³-hybridized carbons (Fsp3) is 0.0400. The first-order valence-corrected chi connectivity index (χ1v) is 10.4. The highest BCUT2D eigenvalue weighted by molar-refractivity contribution is 7.19. The summed E-state index contributed by atoms with van der Waals surface area (Å²) in [4.78, 5) is 13.7. The maximum Gasteiger partial charge on any atom is 0.205 e. The second-order valence-corrected chi connectivity index (χ2v) is 8.21. The summed E-state index contributed by atoms with van der Waals surface area (Å²) in [5, 5.41) is 13.4. The lowest BCUT2D eigenvalue weighted by Crippen LogP contribution is -2.03. The molecular weight excluding hydrogens is 390 g/mol. The third kappa shape index (κ3) is 2.95. The number of rotatable bonds is 4. The maximum atomic E-state index is 13.3. The number of nitrogens with two attached hydrogens (primary N) is 1. The first-order chi connectivity index (χ1) is 14.7. The largest absolute Gasteiger partial charge is 0.396 e. The molecule has 0 bridgehead atoms. The second-order valence-electron chi connectivity index (χ2n) is 7.19. The molecule has 30 heavy (non-hydrogen) atoms. The van der Waals surface area contributed by atoms with Gasteiger partial charge in [-0.05, 0) is 46.9 Å². The van der Waals surface area contributed by atoms with Crippen molar-refractivity contribution in [2.75, 3.05) is 11.1 Å². The van der Waals surface area contributed by atoms with Gasteiger partial charge < -0.3 is 11.1 Å². The van der Waals surface area contributed by atoms with Crippen molar-refractivity contribution in [3.05, 3.63) is 99.9 Å². The van der Waals surface area contributed by atoms with Crippen molar-refractivity contribution >= 4 is 33.5 Å². The topological polar surface area (TPSA) is 78.9 Å². The van der Waals surface area contributed by atoms with Gasteiger partial charge in [-0.15, -0.1) is 11.3 Å². The molecule has 0 fully saturated rings. The summed E-state index contributed by atoms with van der Waals surface area (Å²) >= 11 is 1.22. The van der Waals surface area contributed by atoms with Crippen LogP contribution in [0.15, 0.2) is 72.8 Å². The van der Waals surface area contributed by atoms with E-state index in [0.717, 1.165) is 17.7 Å². The van der Waals surface area contributed by atoms with Gasteiger partial charge in [0.15, 0.2) is 0 Å². The lowest BCUT2D eigenvalue weighted by Gasteiger charge is -2.05. The van der Waals surface area contributed by atoms with E-state index in [9.17, 15) is 10.1 Å². The van der Waals surface area contributed by atoms with Crippen molar-refractivity contribution in [1.82, 2.24) is 0 Å². The Hall–Kier alpha value is -3.88. The molecule has 0 unspecified atom stereocenters. The minimum atomic E-state index is -0.158. The van der Waals surface area contributed by atoms with Gasteiger partial charge in [0.1, 0.15) is 21.5 Å². The highest BCUT2D eigenvalue weighted by atomic mass is 32.1. The zero-order chi connectivity index (χ0) is 20.7. The molecule has 0 atom stereocenters. The average molecular weight is 407 g/mol. The molecule has 1 aromatic heterocycles. The second kappa shape index (κ2) is 7.18. The van der Waals surface area contributed by atoms with Crippen LogP contribution in [0.25, 0.3) is 11.1 Å². The van der Waals surface area contributed by atoms with E-state index in [1.54, 1.807) is 0 Å². The Morgan fingerprint density at radius 3 is 2.50 bits per heavy atom. The van der Waals surface area contributed by atoms with E-state index < -0.39 is 0 Å². The molecule has 0 aliphatic heterocycles. The highest BCUT2D eigenvalue weighted by Crippen LogP contribution is 2.40. The number of hydrogen-bond acceptors (Lipinski definition) is 5. The van der Waals surface area contributed by atoms with Crippen LogP contribution in [0.5, 0.6) is 0 Å². The van der Waals surface area contributed by atoms with E-state index in [4.69, 9.17) is 5.73 Å². The zero-order valence-electron chi connectivity index (χ0n) is 16.0. The van der Waals surface area contributed by atoms with E-state index >= 15 is 0 Å². The molecule has 0 radical (unpaired) electrons. The summed E-state index contributed by atoms with van der Waals surface area (Å²) in [5.41, 5.74) is 13.0. The number of ketones is 1. The number of nitrogen functional groups attached to an aromatic ring is 1. The fourth-order valence-electron chi connectivity index (χ4n) is 3.88. The molecule has 0 saturated carbocycles. The number of para-hydroxylation sites is 1. The SMILES string of the molecule is N#Cc1c(Nc2ccccc2)sc(C(=O)c2ccc3c(c2)Cc2ccccc2-3)c1N. The number of benzene rings is 3. The van der Waals surface area contributed by atoms with E-state index in [0.29, 0.717) is 21.0 Å². The van der Waals surface area contributed by atoms with Gasteiger partial charge in [0, 0.05) is 11.3 Å². The number of anilines is 3. The number of nitrogens with one attached hydrogen (secondary N) is 1. The van der Waals surface area contributed by atoms with Crippen molar-refractivity contribution in [2.45, 2.75) is 6.42 Å². The van der Waals surface area contributed by atoms with Crippen molar-refractivity contribution in [2.24, 2.45) is 0 Å². The van der Waals surface area contributed by atoms with E-state index in [2.05, 4.69) is 23.5 Å². The molecule has 0 saturated heterocycles. The molecule has 144 valence electrons. The van der Waals surface area contributed by atoms with Gasteiger partial charge in [-0.1, -0.05) is 54.6 Å². The first kappa shape index (κ1) is 18.2. The summed E-state index contributed by atoms with van der Waals surface area (Å²) in [6.45, 7) is 0. The van der Waals surface area contributed by atoms with Crippen LogP contribution in [0.3, 0.4) is 0 Å². The number of fused-ring (bicyclic) bond motifs is 3. The number of hydrogen-bond donors (Lipinski definition) is 2. The number of nitrogens with zero attached hydrogens (tertiary/aromatic N) is 1. The Labute approximate surface area is 178 Å². The maximum absolute atomic E-state index is 13.3. The van der Waals surface area contributed by atoms with Gasteiger partial charge in [0.25, 0.3) is 0 Å². The smallest absolute Gasteiger partial charge is 0.205 e. The van der Waals surface area contributed by atoms with Crippen molar-refractivity contribution in [1.29, 1.82) is 5.26 Å². The standard InChI is InChI=1S/C25H17N3OS/c26-14-21-22(27)24(30-25(21)28-18-7-2-1-3-8-18)23(29)16-10-11-20-17(13-16)12-15-6-4-5-9-19(15)20/h1-11,13,28H,12,27H2. The molecule has 1 heterocycles. The minimum absolute atomic E-state index is 0.158. The summed E-state index contributed by atoms with van der Waals surface area (Å²) in [5.74, 6) is -0.158. The molecule has 3 aromatic carbocycles. The predicted molar refractivity (Wildman–Crippen MR) is 121 cm³/mol. The molecular formula is C25H17N3OS. The Bertz CT molecular complexity index is 1330. The third-order valence-corrected chi connectivity index (χ3v) is 6.47. The van der Waals surface area contributed by atoms with Crippen LogP contribution < -0.4 is 11.1 Å². The monoisotopic (exact) mass is 407 g/mol. The number of carbonyl (C=O) groups excluding carboxylic acids is 1. The number of thiophene rings is 1. The van der Waals surface area contributed by atoms with Crippen LogP contribution in [-0.4, -0.2) is 5.78 Å². The lowest BCUT2D eigenvalue weighted by molar-refractivity contribution is 0.104. The van der Waals surface area contributed by atoms with E-state index in [1.807, 2.05) is 60.7 Å². The molecule has 0 amide bonds. The summed E-state index contributed by atoms with van der Waals surface area (Å²) in [7, 11) is 0. The Morgan fingerprint density at radius 1 is 0.967 bits per heavy atom. The highest BCUT2D eigenvalue weighted by Gasteiger charge is 2.24. The van der Waals surface area contributed by atoms with Gasteiger partial charge in [0.05, 0.1) is 5.69 Å². The normalized spacial score (nSPS) is 11.4. The van der Waals surface area contributed by atoms with Crippen LogP contribution in [0, 0.1) is 11.3 Å². The van der Waals surface area contributed by atoms with Gasteiger partial charge in [0.2, 0.25) is 5.78 Å². The number of carbonyl (C=O) groups is 1. The van der Waals surface area contributed by atoms with Gasteiger partial charge in [-0.3, -0.25) is 4.79 Å². The van der Waals surface area contributed by atoms with Crippen LogP contribution in [0.4, 0.5) is 16.4 Å². The number of nitriles is 1. The third-order valence-electron chi connectivity index (χ3n) is 5.35. The molecule has 4 nitrogen and oxygen atoms in total. The fourth-order valence-corrected chi connectivity index (χ4v) is 4.93. The quantitative estimate of drug-likeness (QED) is 0.372. The van der Waals surface area contributed by atoms with Crippen molar-refractivity contribution in [3.63, 3.8) is 0 Å². The minimum Gasteiger partial charge on any atom is -0.396 e. The summed E-state index contributed by atoms with van der Waals surface area (Å²) in [6.07, 6.45) is 0.816. The molecule has 0 spiro atoms. The van der Waals surface area contributed by atoms with E-state index in [-0.39, 0.29) is 11.5 Å². The first-order valence-electron chi connectivity index (χ1n) is 9.56. The Balaban J connectivity index is 1.50. The lowest BCUT2D eigenvalue weighted by atomic mass is 10.0. The van der Waals surface area contributed by atoms with Crippen LogP contribution in [0.2, 0.25) is 0 Å². The summed E-state index contributed by atoms with van der Waals surface area (Å²) in [6, 6.07) is 25.8. The van der Waals surface area contributed by atoms with E-state index in [1.165, 1.54) is 28.0 Å². The van der Waals surface area contributed by atoms with Crippen LogP contribution in [-0.2, 0) is 6.42 Å². The van der Waals surface area contributed by atoms with Crippen LogP contribution >= 0.6 is 11.3 Å². The zero-order valence-corrected chi connectivity index (χ0v) is 16.8. The molecule has 3 N–H and O–H groups in total. The molecule has 4 aromatic rings. The molecule has 1 aliphatic carbocycles. The van der Waals surface area contributed by atoms with Gasteiger partial charge >= 0.3 is 0 Å². The predicted octanol–water partition coefficient (Wildman–Crippen LogP) is 5.75. The molecule has 5 rings (SSSR count). The van der Waals surface area contributed by atoms with Gasteiger partial charge in [-0.25, -0.2) is 0 Å². The molecule has 5 heteroatoms. The van der Waals surface area contributed by atoms with Crippen molar-refractivity contribution < 1.29 is 4.79 Å². The Morgan fingerprint density at radius 2 is 1.70 bits per heavy atom. The summed E-state index contributed by atoms with van der Waals surface area (Å²) < 4.78 is 0. The average Bonchev–Trinajstić information content (AvgIpc) is 3.30. The molecule has 1 aliphatic rings. The van der Waals surface area contributed by atoms with Crippen LogP contribution in [0.1, 0.15) is 31.9 Å².